The van der Waals surface area contributed by atoms with E-state index in [2.05, 4.69) is 10.3 Å². The molecule has 0 saturated carbocycles. The summed E-state index contributed by atoms with van der Waals surface area (Å²) in [6.45, 7) is 5.73. The Morgan fingerprint density at radius 3 is 2.64 bits per heavy atom. The van der Waals surface area contributed by atoms with Crippen LogP contribution in [0.4, 0.5) is 5.69 Å². The molecule has 0 atom stereocenters. The Bertz CT molecular complexity index is 490. The molecule has 1 rings (SSSR count). The topological polar surface area (TPSA) is 80.0 Å². The zero-order valence-corrected chi connectivity index (χ0v) is 15.7. The van der Waals surface area contributed by atoms with Crippen LogP contribution in [0.15, 0.2) is 29.3 Å². The van der Waals surface area contributed by atoms with Gasteiger partial charge in [0.2, 0.25) is 5.91 Å². The molecular formula is C15H25IN4O2. The molecule has 0 heterocycles. The Morgan fingerprint density at radius 2 is 2.05 bits per heavy atom. The highest BCUT2D eigenvalue weighted by molar-refractivity contribution is 14.0. The third kappa shape index (κ3) is 6.97. The number of hydrogen-bond acceptors (Lipinski definition) is 3. The van der Waals surface area contributed by atoms with Crippen LogP contribution in [-0.2, 0) is 4.79 Å². The first-order valence-corrected chi connectivity index (χ1v) is 7.09. The second-order valence-electron chi connectivity index (χ2n) is 4.44. The van der Waals surface area contributed by atoms with Crippen LogP contribution in [0.1, 0.15) is 20.3 Å². The quantitative estimate of drug-likeness (QED) is 0.403. The lowest BCUT2D eigenvalue weighted by Crippen LogP contribution is -2.31. The van der Waals surface area contributed by atoms with E-state index in [1.54, 1.807) is 12.0 Å². The van der Waals surface area contributed by atoms with Gasteiger partial charge in [-0.15, -0.1) is 24.0 Å². The molecule has 0 aliphatic rings. The second kappa shape index (κ2) is 11.1. The highest BCUT2D eigenvalue weighted by atomic mass is 127. The number of nitrogens with two attached hydrogens (primary N) is 1. The molecule has 1 aromatic rings. The molecule has 3 N–H and O–H groups in total. The van der Waals surface area contributed by atoms with Gasteiger partial charge in [0.25, 0.3) is 0 Å². The molecule has 124 valence electrons. The predicted octanol–water partition coefficient (Wildman–Crippen LogP) is 2.30. The van der Waals surface area contributed by atoms with Gasteiger partial charge in [0.1, 0.15) is 5.75 Å². The molecule has 0 radical (unpaired) electrons. The Hall–Kier alpha value is -1.51. The number of nitrogens with zero attached hydrogens (tertiary/aromatic N) is 2. The molecule has 1 amide bonds. The number of anilines is 1. The highest BCUT2D eigenvalue weighted by Crippen LogP contribution is 2.16. The lowest BCUT2D eigenvalue weighted by Gasteiger charge is -2.17. The Kier molecular flexibility index (Phi) is 10.3. The number of ether oxygens (including phenoxy) is 1. The summed E-state index contributed by atoms with van der Waals surface area (Å²) in [7, 11) is 1.61. The van der Waals surface area contributed by atoms with Gasteiger partial charge < -0.3 is 20.7 Å². The van der Waals surface area contributed by atoms with Crippen LogP contribution < -0.4 is 15.8 Å². The minimum atomic E-state index is 0. The number of hydrogen-bond donors (Lipinski definition) is 2. The van der Waals surface area contributed by atoms with Gasteiger partial charge in [-0.05, 0) is 26.0 Å². The first kappa shape index (κ1) is 20.5. The Morgan fingerprint density at radius 1 is 1.36 bits per heavy atom. The molecular weight excluding hydrogens is 395 g/mol. The van der Waals surface area contributed by atoms with E-state index in [9.17, 15) is 4.79 Å². The summed E-state index contributed by atoms with van der Waals surface area (Å²) in [5.74, 6) is 1.12. The number of rotatable bonds is 7. The van der Waals surface area contributed by atoms with Crippen molar-refractivity contribution in [3.8, 4) is 5.75 Å². The van der Waals surface area contributed by atoms with Crippen molar-refractivity contribution in [2.45, 2.75) is 20.3 Å². The lowest BCUT2D eigenvalue weighted by atomic mass is 10.3. The van der Waals surface area contributed by atoms with Crippen LogP contribution in [0, 0.1) is 0 Å². The van der Waals surface area contributed by atoms with Crippen molar-refractivity contribution in [3.05, 3.63) is 24.3 Å². The highest BCUT2D eigenvalue weighted by Gasteiger charge is 2.08. The van der Waals surface area contributed by atoms with Crippen LogP contribution in [0.2, 0.25) is 0 Å². The van der Waals surface area contributed by atoms with Crippen molar-refractivity contribution < 1.29 is 9.53 Å². The number of halogens is 1. The van der Waals surface area contributed by atoms with Gasteiger partial charge in [-0.3, -0.25) is 9.79 Å². The summed E-state index contributed by atoms with van der Waals surface area (Å²) in [6.07, 6.45) is 0.363. The van der Waals surface area contributed by atoms with Crippen LogP contribution in [0.5, 0.6) is 5.75 Å². The maximum absolute atomic E-state index is 11.8. The zero-order chi connectivity index (χ0) is 15.7. The molecule has 0 saturated heterocycles. The molecule has 1 aromatic carbocycles. The summed E-state index contributed by atoms with van der Waals surface area (Å²) < 4.78 is 5.13. The minimum absolute atomic E-state index is 0. The summed E-state index contributed by atoms with van der Waals surface area (Å²) in [6, 6.07) is 7.40. The van der Waals surface area contributed by atoms with E-state index < -0.39 is 0 Å². The van der Waals surface area contributed by atoms with E-state index in [4.69, 9.17) is 10.5 Å². The number of methoxy groups -OCH3 is 1. The maximum Gasteiger partial charge on any atom is 0.224 e. The SMILES string of the molecule is CCN(CC)C(=O)CCN=C(N)Nc1cccc(OC)c1.I. The average molecular weight is 420 g/mol. The van der Waals surface area contributed by atoms with Crippen molar-refractivity contribution >= 4 is 41.5 Å². The van der Waals surface area contributed by atoms with Crippen molar-refractivity contribution in [1.82, 2.24) is 4.90 Å². The van der Waals surface area contributed by atoms with Crippen molar-refractivity contribution in [2.24, 2.45) is 10.7 Å². The molecule has 0 aromatic heterocycles. The molecule has 0 bridgehead atoms. The third-order valence-corrected chi connectivity index (χ3v) is 3.07. The Balaban J connectivity index is 0.00000441. The molecule has 0 aliphatic carbocycles. The largest absolute Gasteiger partial charge is 0.497 e. The maximum atomic E-state index is 11.8. The molecule has 7 heteroatoms. The van der Waals surface area contributed by atoms with E-state index in [1.165, 1.54) is 0 Å². The molecule has 0 spiro atoms. The standard InChI is InChI=1S/C15H24N4O2.HI/c1-4-19(5-2)14(20)9-10-17-15(16)18-12-7-6-8-13(11-12)21-3;/h6-8,11H,4-5,9-10H2,1-3H3,(H3,16,17,18);1H. The summed E-state index contributed by atoms with van der Waals surface area (Å²) in [5.41, 5.74) is 6.59. The van der Waals surface area contributed by atoms with E-state index in [1.807, 2.05) is 38.1 Å². The second-order valence-corrected chi connectivity index (χ2v) is 4.44. The predicted molar refractivity (Wildman–Crippen MR) is 101 cm³/mol. The van der Waals surface area contributed by atoms with Crippen molar-refractivity contribution in [1.29, 1.82) is 0 Å². The van der Waals surface area contributed by atoms with Crippen LogP contribution in [-0.4, -0.2) is 43.5 Å². The fourth-order valence-electron chi connectivity index (χ4n) is 1.89. The van der Waals surface area contributed by atoms with Gasteiger partial charge in [-0.1, -0.05) is 6.07 Å². The first-order chi connectivity index (χ1) is 10.1. The van der Waals surface area contributed by atoms with Crippen LogP contribution >= 0.6 is 24.0 Å². The summed E-state index contributed by atoms with van der Waals surface area (Å²) in [4.78, 5) is 17.7. The summed E-state index contributed by atoms with van der Waals surface area (Å²) in [5, 5.41) is 2.97. The number of benzene rings is 1. The monoisotopic (exact) mass is 420 g/mol. The van der Waals surface area contributed by atoms with Gasteiger partial charge in [-0.2, -0.15) is 0 Å². The fourth-order valence-corrected chi connectivity index (χ4v) is 1.89. The van der Waals surface area contributed by atoms with E-state index >= 15 is 0 Å². The normalized spacial score (nSPS) is 10.6. The number of guanidine groups is 1. The third-order valence-electron chi connectivity index (χ3n) is 3.07. The van der Waals surface area contributed by atoms with Gasteiger partial charge >= 0.3 is 0 Å². The number of nitrogens with one attached hydrogen (secondary N) is 1. The number of amides is 1. The van der Waals surface area contributed by atoms with E-state index in [-0.39, 0.29) is 35.8 Å². The summed E-state index contributed by atoms with van der Waals surface area (Å²) >= 11 is 0. The number of carbonyl (C=O) groups excluding carboxylic acids is 1. The Labute approximate surface area is 149 Å². The van der Waals surface area contributed by atoms with Gasteiger partial charge in [0.05, 0.1) is 13.7 Å². The van der Waals surface area contributed by atoms with Crippen molar-refractivity contribution in [2.75, 3.05) is 32.1 Å². The van der Waals surface area contributed by atoms with Crippen molar-refractivity contribution in [3.63, 3.8) is 0 Å². The molecule has 0 unspecified atom stereocenters. The van der Waals surface area contributed by atoms with E-state index in [0.717, 1.165) is 24.5 Å². The van der Waals surface area contributed by atoms with E-state index in [0.29, 0.717) is 13.0 Å². The number of aliphatic imine (C=N–C) groups is 1. The lowest BCUT2D eigenvalue weighted by molar-refractivity contribution is -0.130. The molecule has 22 heavy (non-hydrogen) atoms. The minimum Gasteiger partial charge on any atom is -0.497 e. The first-order valence-electron chi connectivity index (χ1n) is 7.09. The van der Waals surface area contributed by atoms with Gasteiger partial charge in [0.15, 0.2) is 5.96 Å². The van der Waals surface area contributed by atoms with Gasteiger partial charge in [-0.25, -0.2) is 0 Å². The average Bonchev–Trinajstić information content (AvgIpc) is 2.48. The van der Waals surface area contributed by atoms with Crippen LogP contribution in [0.25, 0.3) is 0 Å². The number of carbonyl (C=O) groups is 1. The fraction of sp³-hybridized carbons (Fsp3) is 0.467. The zero-order valence-electron chi connectivity index (χ0n) is 13.3. The van der Waals surface area contributed by atoms with Gasteiger partial charge in [0, 0.05) is 31.3 Å². The molecule has 0 aliphatic heterocycles. The molecule has 6 nitrogen and oxygen atoms in total. The smallest absolute Gasteiger partial charge is 0.224 e. The molecule has 0 fully saturated rings. The van der Waals surface area contributed by atoms with Crippen LogP contribution in [0.3, 0.4) is 0 Å².